The molecule has 86 valence electrons. The number of hydrogen-bond acceptors (Lipinski definition) is 4. The molecule has 0 heterocycles. The van der Waals surface area contributed by atoms with Gasteiger partial charge in [0.25, 0.3) is 0 Å². The molecule has 0 amide bonds. The maximum Gasteiger partial charge on any atom is 0.219 e. The number of ether oxygens (including phenoxy) is 2. The summed E-state index contributed by atoms with van der Waals surface area (Å²) in [6, 6.07) is -0.497. The van der Waals surface area contributed by atoms with Crippen LogP contribution in [0.1, 0.15) is 19.3 Å². The van der Waals surface area contributed by atoms with Gasteiger partial charge in [-0.15, -0.1) is 0 Å². The predicted molar refractivity (Wildman–Crippen MR) is 55.1 cm³/mol. The van der Waals surface area contributed by atoms with Gasteiger partial charge in [0.2, 0.25) is 6.04 Å². The Labute approximate surface area is 89.2 Å². The third kappa shape index (κ3) is 3.28. The zero-order chi connectivity index (χ0) is 11.3. The molecular weight excluding hydrogens is 198 g/mol. The lowest BCUT2D eigenvalue weighted by atomic mass is 9.87. The van der Waals surface area contributed by atoms with Crippen LogP contribution < -0.4 is 0 Å². The average Bonchev–Trinajstić information content (AvgIpc) is 2.26. The van der Waals surface area contributed by atoms with Crippen LogP contribution in [0.5, 0.6) is 0 Å². The van der Waals surface area contributed by atoms with Crippen molar-refractivity contribution >= 4 is 0 Å². The molecule has 0 fully saturated rings. The van der Waals surface area contributed by atoms with Crippen molar-refractivity contribution in [3.8, 4) is 0 Å². The van der Waals surface area contributed by atoms with E-state index in [0.717, 1.165) is 6.42 Å². The molecular formula is C10H17NO4. The van der Waals surface area contributed by atoms with E-state index in [9.17, 15) is 10.1 Å². The molecule has 0 aliphatic heterocycles. The number of hydrogen-bond donors (Lipinski definition) is 0. The zero-order valence-corrected chi connectivity index (χ0v) is 9.09. The van der Waals surface area contributed by atoms with Crippen LogP contribution in [-0.4, -0.2) is 31.5 Å². The Kier molecular flexibility index (Phi) is 4.71. The number of methoxy groups -OCH3 is 2. The third-order valence-corrected chi connectivity index (χ3v) is 2.82. The molecule has 15 heavy (non-hydrogen) atoms. The summed E-state index contributed by atoms with van der Waals surface area (Å²) in [6.07, 6.45) is 5.34. The van der Waals surface area contributed by atoms with Gasteiger partial charge in [0, 0.05) is 37.9 Å². The molecule has 2 atom stereocenters. The van der Waals surface area contributed by atoms with Crippen molar-refractivity contribution in [3.63, 3.8) is 0 Å². The van der Waals surface area contributed by atoms with Gasteiger partial charge < -0.3 is 9.47 Å². The largest absolute Gasteiger partial charge is 0.356 e. The van der Waals surface area contributed by atoms with Crippen molar-refractivity contribution in [1.29, 1.82) is 0 Å². The quantitative estimate of drug-likeness (QED) is 0.302. The van der Waals surface area contributed by atoms with Crippen molar-refractivity contribution in [2.75, 3.05) is 14.2 Å². The standard InChI is InChI=1S/C10H17NO4/c1-14-10(15-2)7-8-5-3-4-6-9(8)11(12)13/h3-4,8-10H,5-7H2,1-2H3/t8-,9+/m1/s1. The Balaban J connectivity index is 2.57. The Hall–Kier alpha value is -0.940. The summed E-state index contributed by atoms with van der Waals surface area (Å²) in [7, 11) is 3.10. The monoisotopic (exact) mass is 215 g/mol. The van der Waals surface area contributed by atoms with E-state index in [-0.39, 0.29) is 17.1 Å². The van der Waals surface area contributed by atoms with Crippen LogP contribution in [0.2, 0.25) is 0 Å². The molecule has 1 rings (SSSR count). The summed E-state index contributed by atoms with van der Waals surface area (Å²) in [4.78, 5) is 10.6. The number of nitrogens with zero attached hydrogens (tertiary/aromatic N) is 1. The lowest BCUT2D eigenvalue weighted by molar-refractivity contribution is -0.533. The van der Waals surface area contributed by atoms with E-state index >= 15 is 0 Å². The molecule has 0 aromatic carbocycles. The van der Waals surface area contributed by atoms with Gasteiger partial charge in [-0.1, -0.05) is 12.2 Å². The van der Waals surface area contributed by atoms with E-state index < -0.39 is 6.04 Å². The summed E-state index contributed by atoms with van der Waals surface area (Å²) in [5.74, 6) is 0.00917. The first-order valence-corrected chi connectivity index (χ1v) is 5.03. The minimum atomic E-state index is -0.497. The Bertz CT molecular complexity index is 238. The van der Waals surface area contributed by atoms with Gasteiger partial charge in [-0.3, -0.25) is 10.1 Å². The summed E-state index contributed by atoms with van der Waals surface area (Å²) in [5, 5.41) is 10.8. The lowest BCUT2D eigenvalue weighted by Gasteiger charge is -2.25. The van der Waals surface area contributed by atoms with Crippen LogP contribution in [0.3, 0.4) is 0 Å². The van der Waals surface area contributed by atoms with Crippen LogP contribution >= 0.6 is 0 Å². The molecule has 0 spiro atoms. The van der Waals surface area contributed by atoms with Gasteiger partial charge in [0.15, 0.2) is 6.29 Å². The summed E-state index contributed by atoms with van der Waals surface area (Å²) >= 11 is 0. The first-order chi connectivity index (χ1) is 7.19. The molecule has 5 nitrogen and oxygen atoms in total. The molecule has 0 bridgehead atoms. The van der Waals surface area contributed by atoms with Crippen LogP contribution in [0, 0.1) is 16.0 Å². The highest BCUT2D eigenvalue weighted by Crippen LogP contribution is 2.26. The van der Waals surface area contributed by atoms with Crippen LogP contribution in [0.25, 0.3) is 0 Å². The fourth-order valence-corrected chi connectivity index (χ4v) is 1.90. The second-order valence-corrected chi connectivity index (χ2v) is 3.69. The van der Waals surface area contributed by atoms with Gasteiger partial charge in [0.1, 0.15) is 0 Å². The molecule has 1 aliphatic rings. The Morgan fingerprint density at radius 2 is 2.00 bits per heavy atom. The van der Waals surface area contributed by atoms with Gasteiger partial charge in [-0.25, -0.2) is 0 Å². The molecule has 5 heteroatoms. The molecule has 0 aromatic rings. The third-order valence-electron chi connectivity index (χ3n) is 2.82. The van der Waals surface area contributed by atoms with Gasteiger partial charge in [0.05, 0.1) is 0 Å². The second-order valence-electron chi connectivity index (χ2n) is 3.69. The number of nitro groups is 1. The molecule has 0 saturated carbocycles. The van der Waals surface area contributed by atoms with Crippen molar-refractivity contribution < 1.29 is 14.4 Å². The number of allylic oxidation sites excluding steroid dienone is 1. The van der Waals surface area contributed by atoms with Crippen molar-refractivity contribution in [1.82, 2.24) is 0 Å². The summed E-state index contributed by atoms with van der Waals surface area (Å²) in [6.45, 7) is 0. The normalized spacial score (nSPS) is 25.8. The number of rotatable bonds is 5. The molecule has 1 aliphatic carbocycles. The fraction of sp³-hybridized carbons (Fsp3) is 0.800. The summed E-state index contributed by atoms with van der Waals surface area (Å²) in [5.41, 5.74) is 0. The average molecular weight is 215 g/mol. The van der Waals surface area contributed by atoms with E-state index in [4.69, 9.17) is 9.47 Å². The predicted octanol–water partition coefficient (Wildman–Crippen LogP) is 1.61. The molecule has 0 N–H and O–H groups in total. The zero-order valence-electron chi connectivity index (χ0n) is 9.09. The minimum absolute atomic E-state index is 0.00917. The van der Waals surface area contributed by atoms with Crippen molar-refractivity contribution in [3.05, 3.63) is 22.3 Å². The van der Waals surface area contributed by atoms with Gasteiger partial charge in [-0.05, 0) is 6.42 Å². The van der Waals surface area contributed by atoms with Crippen LogP contribution in [0.15, 0.2) is 12.2 Å². The van der Waals surface area contributed by atoms with E-state index in [0.29, 0.717) is 12.8 Å². The van der Waals surface area contributed by atoms with E-state index in [1.165, 1.54) is 0 Å². The van der Waals surface area contributed by atoms with Crippen LogP contribution in [0.4, 0.5) is 0 Å². The minimum Gasteiger partial charge on any atom is -0.356 e. The lowest BCUT2D eigenvalue weighted by Crippen LogP contribution is -2.33. The smallest absolute Gasteiger partial charge is 0.219 e. The summed E-state index contributed by atoms with van der Waals surface area (Å²) < 4.78 is 10.1. The van der Waals surface area contributed by atoms with E-state index in [2.05, 4.69) is 0 Å². The van der Waals surface area contributed by atoms with Gasteiger partial charge >= 0.3 is 0 Å². The fourth-order valence-electron chi connectivity index (χ4n) is 1.90. The van der Waals surface area contributed by atoms with Gasteiger partial charge in [-0.2, -0.15) is 0 Å². The SMILES string of the molecule is COC(C[C@H]1CC=CC[C@@H]1[N+](=O)[O-])OC. The van der Waals surface area contributed by atoms with E-state index in [1.54, 1.807) is 14.2 Å². The molecule has 0 unspecified atom stereocenters. The highest BCUT2D eigenvalue weighted by Gasteiger charge is 2.33. The van der Waals surface area contributed by atoms with Crippen molar-refractivity contribution in [2.24, 2.45) is 5.92 Å². The van der Waals surface area contributed by atoms with Crippen LogP contribution in [-0.2, 0) is 9.47 Å². The first-order valence-electron chi connectivity index (χ1n) is 5.03. The van der Waals surface area contributed by atoms with E-state index in [1.807, 2.05) is 12.2 Å². The first kappa shape index (κ1) is 12.1. The Morgan fingerprint density at radius 3 is 2.53 bits per heavy atom. The molecule has 0 radical (unpaired) electrons. The highest BCUT2D eigenvalue weighted by atomic mass is 16.7. The Morgan fingerprint density at radius 1 is 1.40 bits per heavy atom. The maximum absolute atomic E-state index is 10.8. The second kappa shape index (κ2) is 5.82. The molecule has 0 saturated heterocycles. The molecule has 0 aromatic heterocycles. The highest BCUT2D eigenvalue weighted by molar-refractivity contribution is 4.95. The van der Waals surface area contributed by atoms with Crippen molar-refractivity contribution in [2.45, 2.75) is 31.6 Å². The maximum atomic E-state index is 10.8. The topological polar surface area (TPSA) is 61.6 Å².